The molecule has 2 aromatic carbocycles. The number of hydrogen-bond acceptors (Lipinski definition) is 5. The van der Waals surface area contributed by atoms with Crippen LogP contribution in [0.4, 0.5) is 11.4 Å². The second-order valence-corrected chi connectivity index (χ2v) is 7.87. The summed E-state index contributed by atoms with van der Waals surface area (Å²) in [5.41, 5.74) is 0.868. The second kappa shape index (κ2) is 6.41. The molecule has 1 aliphatic rings. The molecule has 0 amide bonds. The molecule has 0 saturated heterocycles. The molecular weight excluding hydrogens is 352 g/mol. The minimum atomic E-state index is -4.08. The predicted octanol–water partition coefficient (Wildman–Crippen LogP) is 3.83. The predicted molar refractivity (Wildman–Crippen MR) is 91.4 cm³/mol. The zero-order valence-electron chi connectivity index (χ0n) is 12.7. The van der Waals surface area contributed by atoms with Crippen molar-refractivity contribution < 1.29 is 13.3 Å². The SMILES string of the molecule is O=[N+]([O-])c1ccccc1S(=O)(=O)c1cc(Cl)cc2c1NCCCC2. The Balaban J connectivity index is 2.26. The molecule has 1 aliphatic heterocycles. The smallest absolute Gasteiger partial charge is 0.288 e. The van der Waals surface area contributed by atoms with Crippen LogP contribution in [0.3, 0.4) is 0 Å². The summed E-state index contributed by atoms with van der Waals surface area (Å²) >= 11 is 6.10. The van der Waals surface area contributed by atoms with Crippen molar-refractivity contribution in [1.29, 1.82) is 0 Å². The summed E-state index contributed by atoms with van der Waals surface area (Å²) in [5, 5.41) is 14.6. The molecule has 0 radical (unpaired) electrons. The molecule has 0 aliphatic carbocycles. The van der Waals surface area contributed by atoms with Crippen LogP contribution >= 0.6 is 11.6 Å². The minimum absolute atomic E-state index is 0.0128. The van der Waals surface area contributed by atoms with E-state index in [-0.39, 0.29) is 9.79 Å². The van der Waals surface area contributed by atoms with Gasteiger partial charge in [0.25, 0.3) is 5.69 Å². The fourth-order valence-electron chi connectivity index (χ4n) is 2.85. The van der Waals surface area contributed by atoms with Crippen molar-refractivity contribution in [3.8, 4) is 0 Å². The molecule has 0 bridgehead atoms. The first-order chi connectivity index (χ1) is 11.4. The quantitative estimate of drug-likeness (QED) is 0.658. The van der Waals surface area contributed by atoms with Gasteiger partial charge in [0.2, 0.25) is 9.84 Å². The Kier molecular flexibility index (Phi) is 4.47. The summed E-state index contributed by atoms with van der Waals surface area (Å²) in [4.78, 5) is 10.2. The van der Waals surface area contributed by atoms with Gasteiger partial charge in [0.05, 0.1) is 15.5 Å². The number of nitro groups is 1. The van der Waals surface area contributed by atoms with Crippen molar-refractivity contribution in [2.24, 2.45) is 0 Å². The highest BCUT2D eigenvalue weighted by Crippen LogP contribution is 2.37. The summed E-state index contributed by atoms with van der Waals surface area (Å²) in [7, 11) is -4.08. The van der Waals surface area contributed by atoms with Crippen LogP contribution in [0.5, 0.6) is 0 Å². The number of halogens is 1. The number of fused-ring (bicyclic) bond motifs is 1. The Morgan fingerprint density at radius 1 is 1.12 bits per heavy atom. The molecule has 0 atom stereocenters. The van der Waals surface area contributed by atoms with Crippen LogP contribution in [-0.4, -0.2) is 19.9 Å². The van der Waals surface area contributed by atoms with E-state index in [4.69, 9.17) is 11.6 Å². The molecule has 0 fully saturated rings. The Morgan fingerprint density at radius 2 is 1.88 bits per heavy atom. The number of nitrogens with zero attached hydrogens (tertiary/aromatic N) is 1. The Hall–Kier alpha value is -2.12. The van der Waals surface area contributed by atoms with Gasteiger partial charge in [-0.2, -0.15) is 0 Å². The zero-order chi connectivity index (χ0) is 17.3. The molecule has 0 aromatic heterocycles. The van der Waals surface area contributed by atoms with E-state index in [0.29, 0.717) is 23.7 Å². The fourth-order valence-corrected chi connectivity index (χ4v) is 4.83. The average molecular weight is 367 g/mol. The maximum atomic E-state index is 13.1. The normalized spacial score (nSPS) is 14.4. The fraction of sp³-hybridized carbons (Fsp3) is 0.250. The molecule has 2 aromatic rings. The van der Waals surface area contributed by atoms with Gasteiger partial charge in [-0.3, -0.25) is 10.1 Å². The largest absolute Gasteiger partial charge is 0.384 e. The third-order valence-corrected chi connectivity index (χ3v) is 6.01. The number of aryl methyl sites for hydroxylation is 1. The number of nitrogens with one attached hydrogen (secondary N) is 1. The molecule has 0 unspecified atom stereocenters. The number of sulfone groups is 1. The van der Waals surface area contributed by atoms with Crippen molar-refractivity contribution in [1.82, 2.24) is 0 Å². The molecular formula is C16H15ClN2O4S. The number of hydrogen-bond donors (Lipinski definition) is 1. The van der Waals surface area contributed by atoms with E-state index in [2.05, 4.69) is 5.32 Å². The molecule has 1 heterocycles. The van der Waals surface area contributed by atoms with E-state index in [1.54, 1.807) is 6.07 Å². The van der Waals surface area contributed by atoms with Crippen molar-refractivity contribution in [3.63, 3.8) is 0 Å². The van der Waals surface area contributed by atoms with Gasteiger partial charge in [0.15, 0.2) is 0 Å². The molecule has 6 nitrogen and oxygen atoms in total. The summed E-state index contributed by atoms with van der Waals surface area (Å²) in [6, 6.07) is 8.43. The molecule has 24 heavy (non-hydrogen) atoms. The second-order valence-electron chi connectivity index (χ2n) is 5.55. The number of anilines is 1. The topological polar surface area (TPSA) is 89.3 Å². The van der Waals surface area contributed by atoms with Gasteiger partial charge in [0.1, 0.15) is 4.90 Å². The van der Waals surface area contributed by atoms with Crippen LogP contribution in [-0.2, 0) is 16.3 Å². The van der Waals surface area contributed by atoms with Gasteiger partial charge in [-0.05, 0) is 43.0 Å². The van der Waals surface area contributed by atoms with E-state index in [0.717, 1.165) is 18.4 Å². The van der Waals surface area contributed by atoms with Crippen LogP contribution in [0, 0.1) is 10.1 Å². The Labute approximate surface area is 144 Å². The van der Waals surface area contributed by atoms with E-state index < -0.39 is 20.4 Å². The van der Waals surface area contributed by atoms with Crippen molar-refractivity contribution >= 4 is 32.8 Å². The van der Waals surface area contributed by atoms with E-state index in [1.807, 2.05) is 0 Å². The van der Waals surface area contributed by atoms with Gasteiger partial charge in [-0.15, -0.1) is 0 Å². The standard InChI is InChI=1S/C16H15ClN2O4S/c17-12-9-11-5-3-4-8-18-16(11)15(10-12)24(22,23)14-7-2-1-6-13(14)19(20)21/h1-2,6-7,9-10,18H,3-5,8H2. The number of nitro benzene ring substituents is 1. The highest BCUT2D eigenvalue weighted by atomic mass is 35.5. The summed E-state index contributed by atoms with van der Waals surface area (Å²) in [5.74, 6) is 0. The lowest BCUT2D eigenvalue weighted by Gasteiger charge is -2.15. The third-order valence-electron chi connectivity index (χ3n) is 3.96. The van der Waals surface area contributed by atoms with Crippen molar-refractivity contribution in [3.05, 3.63) is 57.1 Å². The zero-order valence-corrected chi connectivity index (χ0v) is 14.2. The molecule has 0 saturated carbocycles. The lowest BCUT2D eigenvalue weighted by molar-refractivity contribution is -0.387. The van der Waals surface area contributed by atoms with Crippen LogP contribution < -0.4 is 5.32 Å². The first kappa shape index (κ1) is 16.7. The lowest BCUT2D eigenvalue weighted by atomic mass is 10.1. The van der Waals surface area contributed by atoms with E-state index in [9.17, 15) is 18.5 Å². The monoisotopic (exact) mass is 366 g/mol. The highest BCUT2D eigenvalue weighted by Gasteiger charge is 2.30. The van der Waals surface area contributed by atoms with Gasteiger partial charge >= 0.3 is 0 Å². The first-order valence-electron chi connectivity index (χ1n) is 7.46. The van der Waals surface area contributed by atoms with Gasteiger partial charge in [-0.25, -0.2) is 8.42 Å². The maximum Gasteiger partial charge on any atom is 0.288 e. The molecule has 8 heteroatoms. The Bertz CT molecular complexity index is 912. The molecule has 1 N–H and O–H groups in total. The van der Waals surface area contributed by atoms with Crippen LogP contribution in [0.25, 0.3) is 0 Å². The lowest BCUT2D eigenvalue weighted by Crippen LogP contribution is -2.11. The molecule has 0 spiro atoms. The number of benzene rings is 2. The number of rotatable bonds is 3. The van der Waals surface area contributed by atoms with Crippen molar-refractivity contribution in [2.45, 2.75) is 29.1 Å². The highest BCUT2D eigenvalue weighted by molar-refractivity contribution is 7.91. The van der Waals surface area contributed by atoms with Crippen molar-refractivity contribution in [2.75, 3.05) is 11.9 Å². The molecule has 3 rings (SSSR count). The summed E-state index contributed by atoms with van der Waals surface area (Å²) in [6.07, 6.45) is 2.55. The summed E-state index contributed by atoms with van der Waals surface area (Å²) < 4.78 is 26.2. The summed E-state index contributed by atoms with van der Waals surface area (Å²) in [6.45, 7) is 0.647. The minimum Gasteiger partial charge on any atom is -0.384 e. The van der Waals surface area contributed by atoms with Gasteiger partial charge in [-0.1, -0.05) is 23.7 Å². The van der Waals surface area contributed by atoms with E-state index in [1.165, 1.54) is 30.3 Å². The average Bonchev–Trinajstić information content (AvgIpc) is 2.79. The van der Waals surface area contributed by atoms with Crippen LogP contribution in [0.1, 0.15) is 18.4 Å². The van der Waals surface area contributed by atoms with Gasteiger partial charge < -0.3 is 5.32 Å². The third kappa shape index (κ3) is 2.97. The maximum absolute atomic E-state index is 13.1. The van der Waals surface area contributed by atoms with Crippen LogP contribution in [0.15, 0.2) is 46.2 Å². The van der Waals surface area contributed by atoms with Gasteiger partial charge in [0, 0.05) is 17.6 Å². The van der Waals surface area contributed by atoms with E-state index >= 15 is 0 Å². The first-order valence-corrected chi connectivity index (χ1v) is 9.32. The van der Waals surface area contributed by atoms with Crippen LogP contribution in [0.2, 0.25) is 5.02 Å². The Morgan fingerprint density at radius 3 is 2.62 bits per heavy atom. The number of para-hydroxylation sites is 1. The molecule has 126 valence electrons.